The van der Waals surface area contributed by atoms with Crippen LogP contribution in [0.25, 0.3) is 0 Å². The third kappa shape index (κ3) is 1.26. The number of aromatic nitrogens is 1. The Morgan fingerprint density at radius 2 is 2.20 bits per heavy atom. The van der Waals surface area contributed by atoms with Gasteiger partial charge in [0.05, 0.1) is 12.1 Å². The maximum Gasteiger partial charge on any atom is 0.260 e. The van der Waals surface area contributed by atoms with E-state index in [1.807, 2.05) is 29.6 Å². The standard InChI is InChI=1S/C11H8N2OS/c14-11-9-4-2-1-3-8(9)5-13(11)10-6-15-7-12-10/h1-4,6-7H,5H2. The predicted octanol–water partition coefficient (Wildman–Crippen LogP) is 2.30. The number of amides is 1. The lowest BCUT2D eigenvalue weighted by atomic mass is 10.1. The smallest absolute Gasteiger partial charge is 0.260 e. The van der Waals surface area contributed by atoms with Crippen LogP contribution in [-0.2, 0) is 6.54 Å². The Morgan fingerprint density at radius 3 is 2.93 bits per heavy atom. The fraction of sp³-hybridized carbons (Fsp3) is 0.0909. The van der Waals surface area contributed by atoms with Crippen LogP contribution >= 0.6 is 11.3 Å². The third-order valence-electron chi connectivity index (χ3n) is 2.52. The molecule has 0 unspecified atom stereocenters. The molecule has 74 valence electrons. The van der Waals surface area contributed by atoms with Gasteiger partial charge in [0.25, 0.3) is 5.91 Å². The molecule has 4 heteroatoms. The number of benzene rings is 1. The Bertz CT molecular complexity index is 507. The minimum atomic E-state index is 0.0523. The van der Waals surface area contributed by atoms with E-state index in [-0.39, 0.29) is 5.91 Å². The molecule has 2 heterocycles. The molecular weight excluding hydrogens is 208 g/mol. The number of hydrogen-bond acceptors (Lipinski definition) is 3. The molecule has 15 heavy (non-hydrogen) atoms. The molecular formula is C11H8N2OS. The Kier molecular flexibility index (Phi) is 1.82. The number of fused-ring (bicyclic) bond motifs is 1. The molecule has 1 aliphatic rings. The average molecular weight is 216 g/mol. The van der Waals surface area contributed by atoms with Gasteiger partial charge in [0.15, 0.2) is 0 Å². The van der Waals surface area contributed by atoms with Crippen LogP contribution in [0, 0.1) is 0 Å². The van der Waals surface area contributed by atoms with Crippen molar-refractivity contribution < 1.29 is 4.79 Å². The molecule has 0 N–H and O–H groups in total. The highest BCUT2D eigenvalue weighted by Gasteiger charge is 2.28. The lowest BCUT2D eigenvalue weighted by molar-refractivity contribution is 0.0996. The second-order valence-corrected chi connectivity index (χ2v) is 4.11. The molecule has 1 aromatic carbocycles. The van der Waals surface area contributed by atoms with Crippen molar-refractivity contribution in [1.82, 2.24) is 4.98 Å². The summed E-state index contributed by atoms with van der Waals surface area (Å²) in [7, 11) is 0. The second kappa shape index (κ2) is 3.17. The van der Waals surface area contributed by atoms with Gasteiger partial charge in [0.2, 0.25) is 0 Å². The molecule has 0 atom stereocenters. The average Bonchev–Trinajstić information content (AvgIpc) is 2.87. The molecule has 3 rings (SSSR count). The van der Waals surface area contributed by atoms with Gasteiger partial charge in [0.1, 0.15) is 5.82 Å². The largest absolute Gasteiger partial charge is 0.287 e. The molecule has 1 amide bonds. The van der Waals surface area contributed by atoms with Gasteiger partial charge >= 0.3 is 0 Å². The van der Waals surface area contributed by atoms with E-state index < -0.39 is 0 Å². The molecule has 0 aliphatic carbocycles. The molecule has 0 saturated carbocycles. The van der Waals surface area contributed by atoms with Crippen molar-refractivity contribution >= 4 is 23.1 Å². The summed E-state index contributed by atoms with van der Waals surface area (Å²) < 4.78 is 0. The molecule has 2 aromatic rings. The highest BCUT2D eigenvalue weighted by atomic mass is 32.1. The van der Waals surface area contributed by atoms with Crippen molar-refractivity contribution in [3.8, 4) is 0 Å². The van der Waals surface area contributed by atoms with Crippen molar-refractivity contribution in [1.29, 1.82) is 0 Å². The number of rotatable bonds is 1. The Labute approximate surface area is 91.0 Å². The molecule has 0 spiro atoms. The van der Waals surface area contributed by atoms with Crippen LogP contribution in [0.1, 0.15) is 15.9 Å². The molecule has 0 radical (unpaired) electrons. The molecule has 1 aliphatic heterocycles. The number of hydrogen-bond donors (Lipinski definition) is 0. The van der Waals surface area contributed by atoms with E-state index in [1.165, 1.54) is 11.3 Å². The Balaban J connectivity index is 2.04. The summed E-state index contributed by atoms with van der Waals surface area (Å²) in [4.78, 5) is 17.9. The zero-order valence-electron chi connectivity index (χ0n) is 7.88. The van der Waals surface area contributed by atoms with Crippen molar-refractivity contribution in [2.45, 2.75) is 6.54 Å². The van der Waals surface area contributed by atoms with Crippen LogP contribution in [0.2, 0.25) is 0 Å². The van der Waals surface area contributed by atoms with Gasteiger partial charge < -0.3 is 0 Å². The summed E-state index contributed by atoms with van der Waals surface area (Å²) in [5, 5.41) is 1.89. The van der Waals surface area contributed by atoms with Crippen LogP contribution < -0.4 is 4.90 Å². The van der Waals surface area contributed by atoms with Gasteiger partial charge in [-0.3, -0.25) is 9.69 Å². The van der Waals surface area contributed by atoms with E-state index in [2.05, 4.69) is 4.98 Å². The summed E-state index contributed by atoms with van der Waals surface area (Å²) in [6, 6.07) is 7.70. The predicted molar refractivity (Wildman–Crippen MR) is 59.1 cm³/mol. The zero-order valence-corrected chi connectivity index (χ0v) is 8.70. The normalized spacial score (nSPS) is 14.4. The minimum absolute atomic E-state index is 0.0523. The number of carbonyl (C=O) groups is 1. The van der Waals surface area contributed by atoms with E-state index in [0.717, 1.165) is 16.9 Å². The van der Waals surface area contributed by atoms with Gasteiger partial charge in [0, 0.05) is 10.9 Å². The SMILES string of the molecule is O=C1c2ccccc2CN1c1cscn1. The number of carbonyl (C=O) groups excluding carboxylic acids is 1. The summed E-state index contributed by atoms with van der Waals surface area (Å²) >= 11 is 1.50. The quantitative estimate of drug-likeness (QED) is 0.732. The first kappa shape index (κ1) is 8.61. The van der Waals surface area contributed by atoms with Crippen molar-refractivity contribution in [2.75, 3.05) is 4.90 Å². The van der Waals surface area contributed by atoms with E-state index in [0.29, 0.717) is 6.54 Å². The second-order valence-electron chi connectivity index (χ2n) is 3.40. The summed E-state index contributed by atoms with van der Waals surface area (Å²) in [6.07, 6.45) is 0. The van der Waals surface area contributed by atoms with Gasteiger partial charge in [-0.15, -0.1) is 11.3 Å². The monoisotopic (exact) mass is 216 g/mol. The van der Waals surface area contributed by atoms with Crippen LogP contribution in [0.5, 0.6) is 0 Å². The fourth-order valence-corrected chi connectivity index (χ4v) is 2.32. The van der Waals surface area contributed by atoms with Crippen LogP contribution in [-0.4, -0.2) is 10.9 Å². The molecule has 1 aromatic heterocycles. The highest BCUT2D eigenvalue weighted by Crippen LogP contribution is 2.27. The van der Waals surface area contributed by atoms with Crippen LogP contribution in [0.15, 0.2) is 35.2 Å². The van der Waals surface area contributed by atoms with Crippen molar-refractivity contribution in [2.24, 2.45) is 0 Å². The molecule has 0 bridgehead atoms. The number of nitrogens with zero attached hydrogens (tertiary/aromatic N) is 2. The zero-order chi connectivity index (χ0) is 10.3. The topological polar surface area (TPSA) is 33.2 Å². The molecule has 3 nitrogen and oxygen atoms in total. The highest BCUT2D eigenvalue weighted by molar-refractivity contribution is 7.07. The molecule has 0 fully saturated rings. The van der Waals surface area contributed by atoms with Crippen molar-refractivity contribution in [3.05, 3.63) is 46.3 Å². The Hall–Kier alpha value is -1.68. The first-order valence-electron chi connectivity index (χ1n) is 4.64. The first-order chi connectivity index (χ1) is 7.36. The molecule has 0 saturated heterocycles. The summed E-state index contributed by atoms with van der Waals surface area (Å²) in [6.45, 7) is 0.638. The first-order valence-corrected chi connectivity index (χ1v) is 5.58. The third-order valence-corrected chi connectivity index (χ3v) is 3.09. The fourth-order valence-electron chi connectivity index (χ4n) is 1.78. The maximum absolute atomic E-state index is 12.0. The summed E-state index contributed by atoms with van der Waals surface area (Å²) in [5.41, 5.74) is 3.62. The number of anilines is 1. The van der Waals surface area contributed by atoms with Gasteiger partial charge in [-0.05, 0) is 11.6 Å². The number of thiazole rings is 1. The van der Waals surface area contributed by atoms with E-state index in [9.17, 15) is 4.79 Å². The van der Waals surface area contributed by atoms with Crippen LogP contribution in [0.4, 0.5) is 5.82 Å². The lowest BCUT2D eigenvalue weighted by Crippen LogP contribution is -2.23. The van der Waals surface area contributed by atoms with E-state index in [4.69, 9.17) is 0 Å². The van der Waals surface area contributed by atoms with E-state index in [1.54, 1.807) is 10.4 Å². The summed E-state index contributed by atoms with van der Waals surface area (Å²) in [5.74, 6) is 0.803. The maximum atomic E-state index is 12.0. The van der Waals surface area contributed by atoms with E-state index >= 15 is 0 Å². The minimum Gasteiger partial charge on any atom is -0.287 e. The Morgan fingerprint density at radius 1 is 1.33 bits per heavy atom. The van der Waals surface area contributed by atoms with Gasteiger partial charge in [-0.2, -0.15) is 0 Å². The van der Waals surface area contributed by atoms with Crippen LogP contribution in [0.3, 0.4) is 0 Å². The van der Waals surface area contributed by atoms with Crippen molar-refractivity contribution in [3.63, 3.8) is 0 Å². The lowest BCUT2D eigenvalue weighted by Gasteiger charge is -2.10. The van der Waals surface area contributed by atoms with Gasteiger partial charge in [-0.1, -0.05) is 18.2 Å². The van der Waals surface area contributed by atoms with Gasteiger partial charge in [-0.25, -0.2) is 4.98 Å².